The summed E-state index contributed by atoms with van der Waals surface area (Å²) >= 11 is 5.97. The van der Waals surface area contributed by atoms with E-state index in [9.17, 15) is 0 Å². The number of pyridine rings is 1. The summed E-state index contributed by atoms with van der Waals surface area (Å²) in [5.41, 5.74) is 7.60. The Balaban J connectivity index is 2.87. The summed E-state index contributed by atoms with van der Waals surface area (Å²) in [5, 5.41) is 0.526. The molecule has 0 bridgehead atoms. The molecule has 4 heteroatoms. The van der Waals surface area contributed by atoms with Gasteiger partial charge in [-0.15, -0.1) is 0 Å². The highest BCUT2D eigenvalue weighted by atomic mass is 35.5. The van der Waals surface area contributed by atoms with Gasteiger partial charge in [-0.1, -0.05) is 17.7 Å². The highest BCUT2D eigenvalue weighted by Crippen LogP contribution is 2.21. The maximum atomic E-state index is 5.97. The fraction of sp³-hybridized carbons (Fsp3) is 0.222. The van der Waals surface area contributed by atoms with Crippen molar-refractivity contribution >= 4 is 17.1 Å². The number of hydrogen-bond acceptors (Lipinski definition) is 2. The molecule has 2 heterocycles. The first-order chi connectivity index (χ1) is 6.24. The van der Waals surface area contributed by atoms with Gasteiger partial charge >= 0.3 is 0 Å². The van der Waals surface area contributed by atoms with Crippen molar-refractivity contribution < 1.29 is 0 Å². The second-order valence-electron chi connectivity index (χ2n) is 2.93. The average Bonchev–Trinajstić information content (AvgIpc) is 2.44. The van der Waals surface area contributed by atoms with Crippen LogP contribution in [-0.2, 0) is 6.54 Å². The second-order valence-corrected chi connectivity index (χ2v) is 3.29. The van der Waals surface area contributed by atoms with E-state index in [1.807, 2.05) is 29.7 Å². The van der Waals surface area contributed by atoms with Gasteiger partial charge in [0.15, 0.2) is 5.15 Å². The van der Waals surface area contributed by atoms with Crippen LogP contribution in [0.5, 0.6) is 0 Å². The van der Waals surface area contributed by atoms with Crippen molar-refractivity contribution in [1.82, 2.24) is 9.38 Å². The number of rotatable bonds is 1. The van der Waals surface area contributed by atoms with Crippen molar-refractivity contribution in [1.29, 1.82) is 0 Å². The average molecular weight is 196 g/mol. The summed E-state index contributed by atoms with van der Waals surface area (Å²) in [7, 11) is 0. The van der Waals surface area contributed by atoms with E-state index in [-0.39, 0.29) is 0 Å². The highest BCUT2D eigenvalue weighted by molar-refractivity contribution is 6.32. The minimum Gasteiger partial charge on any atom is -0.324 e. The van der Waals surface area contributed by atoms with E-state index in [0.29, 0.717) is 11.7 Å². The monoisotopic (exact) mass is 195 g/mol. The first-order valence-electron chi connectivity index (χ1n) is 4.06. The number of aryl methyl sites for hydroxylation is 1. The molecule has 0 spiro atoms. The van der Waals surface area contributed by atoms with Crippen LogP contribution >= 0.6 is 11.6 Å². The van der Waals surface area contributed by atoms with Crippen molar-refractivity contribution in [3.8, 4) is 0 Å². The normalized spacial score (nSPS) is 11.0. The van der Waals surface area contributed by atoms with Gasteiger partial charge in [-0.05, 0) is 18.6 Å². The summed E-state index contributed by atoms with van der Waals surface area (Å²) < 4.78 is 1.93. The van der Waals surface area contributed by atoms with Crippen molar-refractivity contribution in [3.05, 3.63) is 34.9 Å². The standard InChI is InChI=1S/C9H10ClN3/c1-6-3-2-4-13-7(5-11)12-9(10)8(6)13/h2-4H,5,11H2,1H3. The number of nitrogens with zero attached hydrogens (tertiary/aromatic N) is 2. The molecule has 0 aliphatic carbocycles. The first-order valence-corrected chi connectivity index (χ1v) is 4.44. The lowest BCUT2D eigenvalue weighted by Crippen LogP contribution is -2.02. The number of hydrogen-bond donors (Lipinski definition) is 1. The minimum atomic E-state index is 0.400. The van der Waals surface area contributed by atoms with E-state index in [0.717, 1.165) is 16.9 Å². The lowest BCUT2D eigenvalue weighted by molar-refractivity contribution is 0.902. The molecule has 0 fully saturated rings. The molecule has 2 N–H and O–H groups in total. The SMILES string of the molecule is Cc1cccn2c(CN)nc(Cl)c12. The van der Waals surface area contributed by atoms with Gasteiger partial charge in [0.25, 0.3) is 0 Å². The van der Waals surface area contributed by atoms with Gasteiger partial charge in [0, 0.05) is 6.20 Å². The zero-order valence-electron chi connectivity index (χ0n) is 7.29. The lowest BCUT2D eigenvalue weighted by atomic mass is 10.3. The van der Waals surface area contributed by atoms with Gasteiger partial charge in [0.05, 0.1) is 12.1 Å². The van der Waals surface area contributed by atoms with Crippen molar-refractivity contribution in [2.45, 2.75) is 13.5 Å². The smallest absolute Gasteiger partial charge is 0.155 e. The molecular weight excluding hydrogens is 186 g/mol. The van der Waals surface area contributed by atoms with Crippen LogP contribution in [0.1, 0.15) is 11.4 Å². The number of fused-ring (bicyclic) bond motifs is 1. The summed E-state index contributed by atoms with van der Waals surface area (Å²) in [6.45, 7) is 2.40. The predicted molar refractivity (Wildman–Crippen MR) is 52.8 cm³/mol. The predicted octanol–water partition coefficient (Wildman–Crippen LogP) is 1.75. The Hall–Kier alpha value is -1.06. The van der Waals surface area contributed by atoms with E-state index in [4.69, 9.17) is 17.3 Å². The number of imidazole rings is 1. The van der Waals surface area contributed by atoms with Gasteiger partial charge in [0.1, 0.15) is 5.82 Å². The Morgan fingerprint density at radius 1 is 1.62 bits per heavy atom. The summed E-state index contributed by atoms with van der Waals surface area (Å²) in [6.07, 6.45) is 1.92. The van der Waals surface area contributed by atoms with Crippen LogP contribution < -0.4 is 5.73 Å². The Bertz CT molecular complexity index is 447. The van der Waals surface area contributed by atoms with Gasteiger partial charge < -0.3 is 10.1 Å². The van der Waals surface area contributed by atoms with Crippen LogP contribution in [0.2, 0.25) is 5.15 Å². The zero-order chi connectivity index (χ0) is 9.42. The molecule has 0 amide bonds. The van der Waals surface area contributed by atoms with E-state index in [1.54, 1.807) is 0 Å². The largest absolute Gasteiger partial charge is 0.324 e. The van der Waals surface area contributed by atoms with Crippen LogP contribution in [0.4, 0.5) is 0 Å². The Kier molecular flexibility index (Phi) is 1.98. The molecule has 0 aliphatic rings. The molecule has 0 saturated carbocycles. The summed E-state index contributed by atoms with van der Waals surface area (Å²) in [4.78, 5) is 4.17. The van der Waals surface area contributed by atoms with Gasteiger partial charge in [-0.2, -0.15) is 0 Å². The van der Waals surface area contributed by atoms with Crippen LogP contribution in [0.3, 0.4) is 0 Å². The maximum absolute atomic E-state index is 5.97. The number of halogens is 1. The fourth-order valence-corrected chi connectivity index (χ4v) is 1.80. The Morgan fingerprint density at radius 2 is 2.38 bits per heavy atom. The molecule has 0 radical (unpaired) electrons. The van der Waals surface area contributed by atoms with Gasteiger partial charge in [0.2, 0.25) is 0 Å². The van der Waals surface area contributed by atoms with E-state index in [1.165, 1.54) is 0 Å². The van der Waals surface area contributed by atoms with Crippen LogP contribution in [0.15, 0.2) is 18.3 Å². The minimum absolute atomic E-state index is 0.400. The lowest BCUT2D eigenvalue weighted by Gasteiger charge is -1.99. The highest BCUT2D eigenvalue weighted by Gasteiger charge is 2.08. The molecule has 68 valence electrons. The number of nitrogens with two attached hydrogens (primary N) is 1. The molecule has 13 heavy (non-hydrogen) atoms. The molecule has 0 aliphatic heterocycles. The van der Waals surface area contributed by atoms with Crippen LogP contribution in [0, 0.1) is 6.92 Å². The molecule has 2 rings (SSSR count). The van der Waals surface area contributed by atoms with Crippen LogP contribution in [-0.4, -0.2) is 9.38 Å². The molecular formula is C9H10ClN3. The molecule has 2 aromatic rings. The molecule has 0 aromatic carbocycles. The van der Waals surface area contributed by atoms with Gasteiger partial charge in [-0.25, -0.2) is 4.98 Å². The quantitative estimate of drug-likeness (QED) is 0.754. The zero-order valence-corrected chi connectivity index (χ0v) is 8.04. The molecule has 0 atom stereocenters. The summed E-state index contributed by atoms with van der Waals surface area (Å²) in [6, 6.07) is 3.96. The topological polar surface area (TPSA) is 43.3 Å². The van der Waals surface area contributed by atoms with E-state index >= 15 is 0 Å². The van der Waals surface area contributed by atoms with Crippen molar-refractivity contribution in [2.24, 2.45) is 5.73 Å². The molecule has 3 nitrogen and oxygen atoms in total. The molecule has 2 aromatic heterocycles. The molecule has 0 unspecified atom stereocenters. The second kappa shape index (κ2) is 3.01. The number of aromatic nitrogens is 2. The summed E-state index contributed by atoms with van der Waals surface area (Å²) in [5.74, 6) is 0.795. The van der Waals surface area contributed by atoms with Crippen molar-refractivity contribution in [3.63, 3.8) is 0 Å². The van der Waals surface area contributed by atoms with Crippen LogP contribution in [0.25, 0.3) is 5.52 Å². The van der Waals surface area contributed by atoms with Crippen molar-refractivity contribution in [2.75, 3.05) is 0 Å². The van der Waals surface area contributed by atoms with E-state index in [2.05, 4.69) is 4.98 Å². The first kappa shape index (κ1) is 8.53. The van der Waals surface area contributed by atoms with Gasteiger partial charge in [-0.3, -0.25) is 0 Å². The third-order valence-corrected chi connectivity index (χ3v) is 2.34. The Morgan fingerprint density at radius 3 is 3.08 bits per heavy atom. The Labute approximate surface area is 81.1 Å². The van der Waals surface area contributed by atoms with E-state index < -0.39 is 0 Å². The molecule has 0 saturated heterocycles. The fourth-order valence-electron chi connectivity index (χ4n) is 1.46. The third-order valence-electron chi connectivity index (χ3n) is 2.08. The third kappa shape index (κ3) is 1.20. The maximum Gasteiger partial charge on any atom is 0.155 e.